The summed E-state index contributed by atoms with van der Waals surface area (Å²) < 4.78 is 5.25. The van der Waals surface area contributed by atoms with E-state index in [0.717, 1.165) is 37.1 Å². The highest BCUT2D eigenvalue weighted by molar-refractivity contribution is 5.83. The van der Waals surface area contributed by atoms with Crippen LogP contribution in [0.2, 0.25) is 0 Å². The van der Waals surface area contributed by atoms with E-state index < -0.39 is 0 Å². The van der Waals surface area contributed by atoms with E-state index in [1.165, 1.54) is 0 Å². The lowest BCUT2D eigenvalue weighted by Crippen LogP contribution is -2.47. The fraction of sp³-hybridized carbons (Fsp3) is 0.632. The van der Waals surface area contributed by atoms with Crippen LogP contribution in [0.15, 0.2) is 12.1 Å². The van der Waals surface area contributed by atoms with Crippen LogP contribution in [-0.2, 0) is 11.2 Å². The Morgan fingerprint density at radius 3 is 2.74 bits per heavy atom. The topological polar surface area (TPSA) is 49.8 Å². The van der Waals surface area contributed by atoms with Gasteiger partial charge in [-0.25, -0.2) is 0 Å². The maximum absolute atomic E-state index is 12.7. The molecular weight excluding hydrogens is 290 g/mol. The average Bonchev–Trinajstić information content (AvgIpc) is 2.46. The number of hydrogen-bond donors (Lipinski definition) is 1. The normalized spacial score (nSPS) is 25.0. The van der Waals surface area contributed by atoms with Crippen LogP contribution >= 0.6 is 0 Å². The number of benzene rings is 1. The molecule has 0 aliphatic carbocycles. The lowest BCUT2D eigenvalue weighted by molar-refractivity contribution is -0.130. The van der Waals surface area contributed by atoms with E-state index in [0.29, 0.717) is 18.0 Å². The van der Waals surface area contributed by atoms with Crippen molar-refractivity contribution in [2.45, 2.75) is 46.1 Å². The first kappa shape index (κ1) is 16.3. The Kier molecular flexibility index (Phi) is 4.13. The summed E-state index contributed by atoms with van der Waals surface area (Å²) in [5, 5.41) is 9.98. The Morgan fingerprint density at radius 2 is 2.09 bits per heavy atom. The number of ketones is 1. The SMILES string of the molecule is COc1cc2c(cc1O)CCN1CC(CC(C)(C)C)C(=O)CC21. The van der Waals surface area contributed by atoms with Gasteiger partial charge in [-0.2, -0.15) is 0 Å². The lowest BCUT2D eigenvalue weighted by atomic mass is 9.76. The first-order valence-corrected chi connectivity index (χ1v) is 8.45. The summed E-state index contributed by atoms with van der Waals surface area (Å²) >= 11 is 0. The Labute approximate surface area is 138 Å². The Morgan fingerprint density at radius 1 is 1.35 bits per heavy atom. The molecule has 1 N–H and O–H groups in total. The van der Waals surface area contributed by atoms with Gasteiger partial charge in [-0.1, -0.05) is 20.8 Å². The van der Waals surface area contributed by atoms with Crippen molar-refractivity contribution in [1.29, 1.82) is 0 Å². The fourth-order valence-electron chi connectivity index (χ4n) is 4.05. The molecule has 1 fully saturated rings. The van der Waals surface area contributed by atoms with Crippen molar-refractivity contribution < 1.29 is 14.6 Å². The molecule has 23 heavy (non-hydrogen) atoms. The number of phenols is 1. The molecule has 2 aliphatic rings. The van der Waals surface area contributed by atoms with Gasteiger partial charge in [0.1, 0.15) is 5.78 Å². The third kappa shape index (κ3) is 3.23. The van der Waals surface area contributed by atoms with Gasteiger partial charge in [0.2, 0.25) is 0 Å². The van der Waals surface area contributed by atoms with Crippen LogP contribution in [0.5, 0.6) is 11.5 Å². The van der Waals surface area contributed by atoms with Gasteiger partial charge in [-0.15, -0.1) is 0 Å². The predicted molar refractivity (Wildman–Crippen MR) is 89.9 cm³/mol. The number of rotatable bonds is 2. The molecule has 0 aromatic heterocycles. The number of carbonyl (C=O) groups excluding carboxylic acids is 1. The summed E-state index contributed by atoms with van der Waals surface area (Å²) in [6, 6.07) is 3.85. The monoisotopic (exact) mass is 317 g/mol. The van der Waals surface area contributed by atoms with Crippen molar-refractivity contribution >= 4 is 5.78 Å². The first-order chi connectivity index (χ1) is 10.8. The van der Waals surface area contributed by atoms with Crippen LogP contribution in [0.25, 0.3) is 0 Å². The van der Waals surface area contributed by atoms with E-state index in [9.17, 15) is 9.90 Å². The van der Waals surface area contributed by atoms with Gasteiger partial charge in [-0.3, -0.25) is 9.69 Å². The van der Waals surface area contributed by atoms with E-state index in [4.69, 9.17) is 4.74 Å². The summed E-state index contributed by atoms with van der Waals surface area (Å²) in [6.45, 7) is 8.41. The molecular formula is C19H27NO3. The van der Waals surface area contributed by atoms with Crippen LogP contribution in [0.4, 0.5) is 0 Å². The highest BCUT2D eigenvalue weighted by Crippen LogP contribution is 2.42. The third-order valence-electron chi connectivity index (χ3n) is 5.07. The molecule has 0 radical (unpaired) electrons. The van der Waals surface area contributed by atoms with Crippen LogP contribution in [0.3, 0.4) is 0 Å². The number of hydrogen-bond acceptors (Lipinski definition) is 4. The second kappa shape index (κ2) is 5.82. The Hall–Kier alpha value is -1.55. The zero-order valence-corrected chi connectivity index (χ0v) is 14.6. The van der Waals surface area contributed by atoms with Crippen LogP contribution in [0.1, 0.15) is 50.8 Å². The summed E-state index contributed by atoms with van der Waals surface area (Å²) in [6.07, 6.45) is 2.43. The molecule has 2 aliphatic heterocycles. The molecule has 1 aromatic rings. The minimum absolute atomic E-state index is 0.136. The molecule has 4 nitrogen and oxygen atoms in total. The number of ether oxygens (including phenoxy) is 1. The molecule has 4 heteroatoms. The minimum atomic E-state index is 0.136. The van der Waals surface area contributed by atoms with E-state index >= 15 is 0 Å². The predicted octanol–water partition coefficient (Wildman–Crippen LogP) is 3.33. The molecule has 0 saturated carbocycles. The number of aromatic hydroxyl groups is 1. The number of piperidine rings is 1. The molecule has 3 rings (SSSR count). The van der Waals surface area contributed by atoms with Crippen LogP contribution < -0.4 is 4.74 Å². The quantitative estimate of drug-likeness (QED) is 0.909. The van der Waals surface area contributed by atoms with Crippen molar-refractivity contribution in [3.8, 4) is 11.5 Å². The van der Waals surface area contributed by atoms with Gasteiger partial charge in [0.05, 0.1) is 7.11 Å². The maximum atomic E-state index is 12.7. The molecule has 0 bridgehead atoms. The van der Waals surface area contributed by atoms with Crippen molar-refractivity contribution in [3.63, 3.8) is 0 Å². The van der Waals surface area contributed by atoms with Crippen molar-refractivity contribution in [2.75, 3.05) is 20.2 Å². The summed E-state index contributed by atoms with van der Waals surface area (Å²) in [5.41, 5.74) is 2.47. The second-order valence-electron chi connectivity index (χ2n) is 8.12. The van der Waals surface area contributed by atoms with Crippen molar-refractivity contribution in [1.82, 2.24) is 4.90 Å². The smallest absolute Gasteiger partial charge is 0.160 e. The van der Waals surface area contributed by atoms with Gasteiger partial charge in [-0.05, 0) is 41.5 Å². The first-order valence-electron chi connectivity index (χ1n) is 8.45. The number of nitrogens with zero attached hydrogens (tertiary/aromatic N) is 1. The molecule has 0 spiro atoms. The van der Waals surface area contributed by atoms with E-state index in [1.807, 2.05) is 6.07 Å². The van der Waals surface area contributed by atoms with E-state index in [2.05, 4.69) is 25.7 Å². The van der Waals surface area contributed by atoms with Crippen LogP contribution in [0, 0.1) is 11.3 Å². The maximum Gasteiger partial charge on any atom is 0.160 e. The van der Waals surface area contributed by atoms with Crippen molar-refractivity contribution in [2.24, 2.45) is 11.3 Å². The van der Waals surface area contributed by atoms with Crippen molar-refractivity contribution in [3.05, 3.63) is 23.3 Å². The van der Waals surface area contributed by atoms with Gasteiger partial charge >= 0.3 is 0 Å². The van der Waals surface area contributed by atoms with Gasteiger partial charge < -0.3 is 9.84 Å². The molecule has 2 heterocycles. The van der Waals surface area contributed by atoms with Crippen LogP contribution in [-0.4, -0.2) is 36.0 Å². The highest BCUT2D eigenvalue weighted by atomic mass is 16.5. The molecule has 2 unspecified atom stereocenters. The van der Waals surface area contributed by atoms with Gasteiger partial charge in [0.25, 0.3) is 0 Å². The number of Topliss-reactive ketones (excluding diaryl/α,β-unsaturated/α-hetero) is 1. The zero-order valence-electron chi connectivity index (χ0n) is 14.6. The highest BCUT2D eigenvalue weighted by Gasteiger charge is 2.39. The molecule has 1 aromatic carbocycles. The van der Waals surface area contributed by atoms with Gasteiger partial charge in [0.15, 0.2) is 11.5 Å². The number of phenolic OH excluding ortho intramolecular Hbond substituents is 1. The molecule has 2 atom stereocenters. The van der Waals surface area contributed by atoms with E-state index in [-0.39, 0.29) is 23.1 Å². The number of fused-ring (bicyclic) bond motifs is 3. The molecule has 126 valence electrons. The number of carbonyl (C=O) groups is 1. The van der Waals surface area contributed by atoms with E-state index in [1.54, 1.807) is 13.2 Å². The minimum Gasteiger partial charge on any atom is -0.504 e. The molecule has 0 amide bonds. The lowest BCUT2D eigenvalue weighted by Gasteiger charge is -2.44. The Bertz CT molecular complexity index is 618. The van der Waals surface area contributed by atoms with Gasteiger partial charge in [0, 0.05) is 31.5 Å². The standard InChI is InChI=1S/C19H27NO3/c1-19(2,3)10-13-11-20-6-5-12-7-17(22)18(23-4)8-14(12)15(20)9-16(13)21/h7-8,13,15,22H,5-6,9-11H2,1-4H3. The summed E-state index contributed by atoms with van der Waals surface area (Å²) in [5.74, 6) is 1.20. The third-order valence-corrected chi connectivity index (χ3v) is 5.07. The number of methoxy groups -OCH3 is 1. The zero-order chi connectivity index (χ0) is 16.8. The largest absolute Gasteiger partial charge is 0.504 e. The second-order valence-corrected chi connectivity index (χ2v) is 8.12. The fourth-order valence-corrected chi connectivity index (χ4v) is 4.05. The summed E-state index contributed by atoms with van der Waals surface area (Å²) in [4.78, 5) is 15.1. The average molecular weight is 317 g/mol. The summed E-state index contributed by atoms with van der Waals surface area (Å²) in [7, 11) is 1.56. The molecule has 1 saturated heterocycles. The Balaban J connectivity index is 1.86.